The van der Waals surface area contributed by atoms with E-state index < -0.39 is 0 Å². The fourth-order valence-corrected chi connectivity index (χ4v) is 2.76. The van der Waals surface area contributed by atoms with Crippen LogP contribution in [0.2, 0.25) is 0 Å². The van der Waals surface area contributed by atoms with E-state index in [-0.39, 0.29) is 0 Å². The van der Waals surface area contributed by atoms with Crippen LogP contribution < -0.4 is 10.1 Å². The monoisotopic (exact) mass is 237 g/mol. The summed E-state index contributed by atoms with van der Waals surface area (Å²) in [6.45, 7) is 4.02. The van der Waals surface area contributed by atoms with Crippen molar-refractivity contribution >= 4 is 0 Å². The summed E-state index contributed by atoms with van der Waals surface area (Å²) in [7, 11) is 3.63. The lowest BCUT2D eigenvalue weighted by Crippen LogP contribution is -2.21. The van der Waals surface area contributed by atoms with Gasteiger partial charge in [-0.2, -0.15) is 5.10 Å². The molecular weight excluding hydrogens is 214 g/mol. The zero-order valence-corrected chi connectivity index (χ0v) is 11.1. The maximum atomic E-state index is 5.38. The van der Waals surface area contributed by atoms with Crippen molar-refractivity contribution in [2.75, 3.05) is 13.7 Å². The van der Waals surface area contributed by atoms with E-state index in [2.05, 4.69) is 10.4 Å². The molecule has 1 aromatic heterocycles. The molecule has 1 aliphatic carbocycles. The summed E-state index contributed by atoms with van der Waals surface area (Å²) in [5, 5.41) is 7.92. The predicted octanol–water partition coefficient (Wildman–Crippen LogP) is 2.02. The molecule has 0 unspecified atom stereocenters. The standard InChI is InChI=1S/C13H23N3O/c1-10-12(13(17-3)16(2)15-10)9-14-8-11-6-4-5-7-11/h11,14H,4-9H2,1-3H3. The lowest BCUT2D eigenvalue weighted by atomic mass is 10.1. The molecule has 0 spiro atoms. The van der Waals surface area contributed by atoms with E-state index in [1.165, 1.54) is 31.2 Å². The molecule has 0 saturated heterocycles. The smallest absolute Gasteiger partial charge is 0.216 e. The van der Waals surface area contributed by atoms with Gasteiger partial charge in [-0.05, 0) is 32.2 Å². The SMILES string of the molecule is COc1c(CNCC2CCCC2)c(C)nn1C. The lowest BCUT2D eigenvalue weighted by Gasteiger charge is -2.11. The van der Waals surface area contributed by atoms with Gasteiger partial charge in [0.15, 0.2) is 0 Å². The van der Waals surface area contributed by atoms with Crippen LogP contribution in [0.25, 0.3) is 0 Å². The highest BCUT2D eigenvalue weighted by molar-refractivity contribution is 5.30. The van der Waals surface area contributed by atoms with Gasteiger partial charge in [0.05, 0.1) is 18.4 Å². The maximum Gasteiger partial charge on any atom is 0.216 e. The second-order valence-electron chi connectivity index (χ2n) is 4.98. The van der Waals surface area contributed by atoms with Crippen molar-refractivity contribution < 1.29 is 4.74 Å². The topological polar surface area (TPSA) is 39.1 Å². The van der Waals surface area contributed by atoms with Gasteiger partial charge < -0.3 is 10.1 Å². The van der Waals surface area contributed by atoms with Crippen LogP contribution in [-0.4, -0.2) is 23.4 Å². The van der Waals surface area contributed by atoms with Crippen LogP contribution in [0.1, 0.15) is 36.9 Å². The molecule has 1 fully saturated rings. The first-order valence-corrected chi connectivity index (χ1v) is 6.49. The first kappa shape index (κ1) is 12.4. The summed E-state index contributed by atoms with van der Waals surface area (Å²) in [6.07, 6.45) is 5.58. The fourth-order valence-electron chi connectivity index (χ4n) is 2.76. The van der Waals surface area contributed by atoms with Crippen LogP contribution in [0.5, 0.6) is 5.88 Å². The van der Waals surface area contributed by atoms with Gasteiger partial charge in [-0.3, -0.25) is 0 Å². The highest BCUT2D eigenvalue weighted by Gasteiger charge is 2.16. The van der Waals surface area contributed by atoms with Gasteiger partial charge in [0, 0.05) is 13.6 Å². The third-order valence-corrected chi connectivity index (χ3v) is 3.69. The fraction of sp³-hybridized carbons (Fsp3) is 0.769. The van der Waals surface area contributed by atoms with Gasteiger partial charge in [-0.15, -0.1) is 0 Å². The minimum atomic E-state index is 0.860. The number of nitrogens with one attached hydrogen (secondary N) is 1. The minimum Gasteiger partial charge on any atom is -0.481 e. The molecule has 1 aromatic rings. The normalized spacial score (nSPS) is 16.6. The Morgan fingerprint density at radius 1 is 1.41 bits per heavy atom. The molecule has 1 aliphatic rings. The van der Waals surface area contributed by atoms with Gasteiger partial charge in [-0.1, -0.05) is 12.8 Å². The highest BCUT2D eigenvalue weighted by Crippen LogP contribution is 2.24. The van der Waals surface area contributed by atoms with Crippen molar-refractivity contribution in [1.29, 1.82) is 0 Å². The van der Waals surface area contributed by atoms with Crippen LogP contribution in [0, 0.1) is 12.8 Å². The number of hydrogen-bond donors (Lipinski definition) is 1. The van der Waals surface area contributed by atoms with E-state index in [4.69, 9.17) is 4.74 Å². The summed E-state index contributed by atoms with van der Waals surface area (Å²) in [4.78, 5) is 0. The number of aromatic nitrogens is 2. The molecule has 0 amide bonds. The second-order valence-corrected chi connectivity index (χ2v) is 4.98. The van der Waals surface area contributed by atoms with Crippen LogP contribution in [-0.2, 0) is 13.6 Å². The van der Waals surface area contributed by atoms with Crippen molar-refractivity contribution in [2.45, 2.75) is 39.2 Å². The molecule has 17 heavy (non-hydrogen) atoms. The number of aryl methyl sites for hydroxylation is 2. The van der Waals surface area contributed by atoms with E-state index in [0.29, 0.717) is 0 Å². The summed E-state index contributed by atoms with van der Waals surface area (Å²) in [5.74, 6) is 1.75. The van der Waals surface area contributed by atoms with Crippen molar-refractivity contribution in [3.8, 4) is 5.88 Å². The number of ether oxygens (including phenoxy) is 1. The Morgan fingerprint density at radius 2 is 2.12 bits per heavy atom. The van der Waals surface area contributed by atoms with Crippen molar-refractivity contribution in [3.63, 3.8) is 0 Å². The molecule has 1 N–H and O–H groups in total. The summed E-state index contributed by atoms with van der Waals surface area (Å²) >= 11 is 0. The molecule has 0 bridgehead atoms. The molecule has 96 valence electrons. The Balaban J connectivity index is 1.89. The summed E-state index contributed by atoms with van der Waals surface area (Å²) in [6, 6.07) is 0. The van der Waals surface area contributed by atoms with Crippen LogP contribution >= 0.6 is 0 Å². The Kier molecular flexibility index (Phi) is 4.05. The highest BCUT2D eigenvalue weighted by atomic mass is 16.5. The van der Waals surface area contributed by atoms with Gasteiger partial charge in [-0.25, -0.2) is 4.68 Å². The maximum absolute atomic E-state index is 5.38. The lowest BCUT2D eigenvalue weighted by molar-refractivity contribution is 0.367. The second kappa shape index (κ2) is 5.54. The van der Waals surface area contributed by atoms with E-state index in [9.17, 15) is 0 Å². The van der Waals surface area contributed by atoms with E-state index >= 15 is 0 Å². The van der Waals surface area contributed by atoms with Gasteiger partial charge in [0.25, 0.3) is 0 Å². The average Bonchev–Trinajstić information content (AvgIpc) is 2.88. The molecule has 1 heterocycles. The van der Waals surface area contributed by atoms with E-state index in [0.717, 1.165) is 30.6 Å². The quantitative estimate of drug-likeness (QED) is 0.851. The Bertz CT molecular complexity index is 367. The molecular formula is C13H23N3O. The molecule has 1 saturated carbocycles. The zero-order valence-electron chi connectivity index (χ0n) is 11.1. The third kappa shape index (κ3) is 2.80. The number of rotatable bonds is 5. The molecule has 0 radical (unpaired) electrons. The van der Waals surface area contributed by atoms with Crippen molar-refractivity contribution in [3.05, 3.63) is 11.3 Å². The molecule has 0 aromatic carbocycles. The molecule has 0 atom stereocenters. The number of hydrogen-bond acceptors (Lipinski definition) is 3. The predicted molar refractivity (Wildman–Crippen MR) is 68.2 cm³/mol. The van der Waals surface area contributed by atoms with E-state index in [1.54, 1.807) is 7.11 Å². The Morgan fingerprint density at radius 3 is 2.76 bits per heavy atom. The number of methoxy groups -OCH3 is 1. The van der Waals surface area contributed by atoms with Crippen molar-refractivity contribution in [2.24, 2.45) is 13.0 Å². The Labute approximate surface area is 103 Å². The van der Waals surface area contributed by atoms with Gasteiger partial charge in [0.2, 0.25) is 5.88 Å². The van der Waals surface area contributed by atoms with E-state index in [1.807, 2.05) is 18.7 Å². The largest absolute Gasteiger partial charge is 0.481 e. The third-order valence-electron chi connectivity index (χ3n) is 3.69. The summed E-state index contributed by atoms with van der Waals surface area (Å²) < 4.78 is 7.19. The van der Waals surface area contributed by atoms with Crippen LogP contribution in [0.15, 0.2) is 0 Å². The first-order chi connectivity index (χ1) is 8.22. The van der Waals surface area contributed by atoms with Crippen LogP contribution in [0.3, 0.4) is 0 Å². The molecule has 4 heteroatoms. The molecule has 0 aliphatic heterocycles. The molecule has 2 rings (SSSR count). The molecule has 4 nitrogen and oxygen atoms in total. The minimum absolute atomic E-state index is 0.860. The average molecular weight is 237 g/mol. The first-order valence-electron chi connectivity index (χ1n) is 6.49. The Hall–Kier alpha value is -1.03. The van der Waals surface area contributed by atoms with Gasteiger partial charge >= 0.3 is 0 Å². The van der Waals surface area contributed by atoms with Gasteiger partial charge in [0.1, 0.15) is 0 Å². The number of nitrogens with zero attached hydrogens (tertiary/aromatic N) is 2. The summed E-state index contributed by atoms with van der Waals surface area (Å²) in [5.41, 5.74) is 2.25. The zero-order chi connectivity index (χ0) is 12.3. The van der Waals surface area contributed by atoms with Crippen molar-refractivity contribution in [1.82, 2.24) is 15.1 Å². The van der Waals surface area contributed by atoms with Crippen LogP contribution in [0.4, 0.5) is 0 Å².